The Morgan fingerprint density at radius 3 is 2.22 bits per heavy atom. The lowest BCUT2D eigenvalue weighted by Gasteiger charge is -2.26. The van der Waals surface area contributed by atoms with Crippen LogP contribution in [0.3, 0.4) is 0 Å². The molecule has 0 saturated carbocycles. The van der Waals surface area contributed by atoms with Gasteiger partial charge >= 0.3 is 0 Å². The second-order valence-corrected chi connectivity index (χ2v) is 14.3. The minimum absolute atomic E-state index is 0.0397. The van der Waals surface area contributed by atoms with Crippen molar-refractivity contribution in [3.8, 4) is 11.1 Å². The minimum atomic E-state index is -3.75. The number of thioether (sulfide) groups is 1. The molecule has 1 aliphatic heterocycles. The number of benzene rings is 2. The highest BCUT2D eigenvalue weighted by molar-refractivity contribution is 8.01. The molecule has 0 aromatic heterocycles. The van der Waals surface area contributed by atoms with Crippen LogP contribution in [0.15, 0.2) is 59.5 Å². The van der Waals surface area contributed by atoms with Crippen molar-refractivity contribution in [2.45, 2.75) is 74.3 Å². The highest BCUT2D eigenvalue weighted by Gasteiger charge is 2.39. The van der Waals surface area contributed by atoms with Gasteiger partial charge in [-0.15, -0.1) is 11.8 Å². The molecule has 2 aromatic rings. The molecule has 3 rings (SSSR count). The molecule has 1 heterocycles. The molecular formula is C28H39N3O4S2. The summed E-state index contributed by atoms with van der Waals surface area (Å²) in [6.45, 7) is 9.30. The third kappa shape index (κ3) is 9.16. The van der Waals surface area contributed by atoms with Gasteiger partial charge in [0.2, 0.25) is 21.8 Å². The first kappa shape index (κ1) is 29.2. The van der Waals surface area contributed by atoms with E-state index in [1.165, 1.54) is 6.92 Å². The number of carbonyl (C=O) groups excluding carboxylic acids is 2. The summed E-state index contributed by atoms with van der Waals surface area (Å²) < 4.78 is 29.4. The van der Waals surface area contributed by atoms with Crippen LogP contribution in [0.1, 0.15) is 53.4 Å². The fraction of sp³-hybridized carbons (Fsp3) is 0.500. The van der Waals surface area contributed by atoms with Crippen molar-refractivity contribution >= 4 is 33.6 Å². The molecule has 2 atom stereocenters. The van der Waals surface area contributed by atoms with Gasteiger partial charge in [-0.25, -0.2) is 13.1 Å². The van der Waals surface area contributed by atoms with Crippen LogP contribution in [-0.4, -0.2) is 60.8 Å². The van der Waals surface area contributed by atoms with E-state index in [2.05, 4.69) is 30.8 Å². The third-order valence-electron chi connectivity index (χ3n) is 6.14. The number of likely N-dealkylation sites (tertiary alicyclic amines) is 1. The molecule has 0 radical (unpaired) electrons. The van der Waals surface area contributed by atoms with Crippen molar-refractivity contribution < 1.29 is 18.0 Å². The van der Waals surface area contributed by atoms with E-state index in [4.69, 9.17) is 0 Å². The van der Waals surface area contributed by atoms with E-state index in [0.29, 0.717) is 26.1 Å². The number of carbonyl (C=O) groups is 2. The molecule has 37 heavy (non-hydrogen) atoms. The summed E-state index contributed by atoms with van der Waals surface area (Å²) in [6.07, 6.45) is 2.86. The highest BCUT2D eigenvalue weighted by Crippen LogP contribution is 2.34. The number of nitrogens with zero attached hydrogens (tertiary/aromatic N) is 1. The Morgan fingerprint density at radius 1 is 0.946 bits per heavy atom. The fourth-order valence-electron chi connectivity index (χ4n) is 4.39. The number of nitrogens with one attached hydrogen (secondary N) is 2. The summed E-state index contributed by atoms with van der Waals surface area (Å²) in [5.41, 5.74) is 1.98. The molecule has 0 aliphatic carbocycles. The Labute approximate surface area is 225 Å². The Balaban J connectivity index is 1.63. The molecule has 2 amide bonds. The Kier molecular flexibility index (Phi) is 10.2. The van der Waals surface area contributed by atoms with Crippen molar-refractivity contribution in [3.63, 3.8) is 0 Å². The standard InChI is InChI=1S/C28H39N3O4S2/c1-21(32)29-18-10-6-9-13-27(33)31-19-25(26(20-31)36-28(2,3)4)30-37(34,35)24-16-14-23(15-17-24)22-11-7-5-8-12-22/h5,7-8,11-12,14-17,25-26,30H,6,9-10,13,18-20H2,1-4H3,(H,29,32). The first-order valence-corrected chi connectivity index (χ1v) is 15.2. The van der Waals surface area contributed by atoms with Crippen LogP contribution in [0.5, 0.6) is 0 Å². The minimum Gasteiger partial charge on any atom is -0.356 e. The number of amides is 2. The van der Waals surface area contributed by atoms with Crippen LogP contribution in [0.4, 0.5) is 0 Å². The van der Waals surface area contributed by atoms with Crippen LogP contribution < -0.4 is 10.0 Å². The molecule has 202 valence electrons. The molecule has 1 aliphatic rings. The van der Waals surface area contributed by atoms with Crippen molar-refractivity contribution in [3.05, 3.63) is 54.6 Å². The number of rotatable bonds is 11. The first-order chi connectivity index (χ1) is 17.4. The van der Waals surface area contributed by atoms with Gasteiger partial charge in [-0.2, -0.15) is 0 Å². The quantitative estimate of drug-likeness (QED) is 0.407. The van der Waals surface area contributed by atoms with E-state index in [1.807, 2.05) is 42.5 Å². The average Bonchev–Trinajstić information content (AvgIpc) is 3.21. The van der Waals surface area contributed by atoms with Gasteiger partial charge in [-0.3, -0.25) is 9.59 Å². The zero-order valence-electron chi connectivity index (χ0n) is 22.2. The maximum absolute atomic E-state index is 13.3. The van der Waals surface area contributed by atoms with Gasteiger partial charge in [0.1, 0.15) is 0 Å². The molecule has 7 nitrogen and oxygen atoms in total. The maximum atomic E-state index is 13.3. The Bertz CT molecular complexity index is 1150. The van der Waals surface area contributed by atoms with Crippen LogP contribution >= 0.6 is 11.8 Å². The molecular weight excluding hydrogens is 506 g/mol. The van der Waals surface area contributed by atoms with Crippen molar-refractivity contribution in [2.24, 2.45) is 0 Å². The summed E-state index contributed by atoms with van der Waals surface area (Å²) in [7, 11) is -3.75. The average molecular weight is 546 g/mol. The predicted molar refractivity (Wildman–Crippen MR) is 151 cm³/mol. The van der Waals surface area contributed by atoms with Gasteiger partial charge in [0.05, 0.1) is 10.9 Å². The molecule has 2 unspecified atom stereocenters. The molecule has 9 heteroatoms. The summed E-state index contributed by atoms with van der Waals surface area (Å²) in [4.78, 5) is 25.9. The van der Waals surface area contributed by atoms with Gasteiger partial charge < -0.3 is 10.2 Å². The van der Waals surface area contributed by atoms with E-state index in [9.17, 15) is 18.0 Å². The van der Waals surface area contributed by atoms with E-state index >= 15 is 0 Å². The second-order valence-electron chi connectivity index (χ2n) is 10.5. The normalized spacial score (nSPS) is 18.1. The van der Waals surface area contributed by atoms with E-state index in [-0.39, 0.29) is 32.7 Å². The van der Waals surface area contributed by atoms with Gasteiger partial charge in [0, 0.05) is 43.0 Å². The van der Waals surface area contributed by atoms with E-state index < -0.39 is 10.0 Å². The zero-order valence-corrected chi connectivity index (χ0v) is 23.8. The Hall–Kier alpha value is -2.36. The molecule has 0 bridgehead atoms. The number of sulfonamides is 1. The Morgan fingerprint density at radius 2 is 1.59 bits per heavy atom. The SMILES string of the molecule is CC(=O)NCCCCCC(=O)N1CC(NS(=O)(=O)c2ccc(-c3ccccc3)cc2)C(SC(C)(C)C)C1. The first-order valence-electron chi connectivity index (χ1n) is 12.8. The molecule has 0 spiro atoms. The molecule has 2 aromatic carbocycles. The highest BCUT2D eigenvalue weighted by atomic mass is 32.2. The van der Waals surface area contributed by atoms with Gasteiger partial charge in [0.25, 0.3) is 0 Å². The fourth-order valence-corrected chi connectivity index (χ4v) is 7.22. The summed E-state index contributed by atoms with van der Waals surface area (Å²) >= 11 is 1.71. The van der Waals surface area contributed by atoms with Crippen LogP contribution in [0, 0.1) is 0 Å². The predicted octanol–water partition coefficient (Wildman–Crippen LogP) is 4.44. The monoisotopic (exact) mass is 545 g/mol. The summed E-state index contributed by atoms with van der Waals surface area (Å²) in [5.74, 6) is 0.00381. The van der Waals surface area contributed by atoms with Crippen molar-refractivity contribution in [1.29, 1.82) is 0 Å². The van der Waals surface area contributed by atoms with Crippen LogP contribution in [-0.2, 0) is 19.6 Å². The molecule has 2 N–H and O–H groups in total. The van der Waals surface area contributed by atoms with Crippen LogP contribution in [0.2, 0.25) is 0 Å². The number of hydrogen-bond donors (Lipinski definition) is 2. The number of hydrogen-bond acceptors (Lipinski definition) is 5. The van der Waals surface area contributed by atoms with Gasteiger partial charge in [-0.05, 0) is 36.1 Å². The lowest BCUT2D eigenvalue weighted by atomic mass is 10.1. The lowest BCUT2D eigenvalue weighted by Crippen LogP contribution is -2.43. The van der Waals surface area contributed by atoms with Crippen LogP contribution in [0.25, 0.3) is 11.1 Å². The number of unbranched alkanes of at least 4 members (excludes halogenated alkanes) is 2. The van der Waals surface area contributed by atoms with Gasteiger partial charge in [-0.1, -0.05) is 69.7 Å². The molecule has 1 fully saturated rings. The smallest absolute Gasteiger partial charge is 0.240 e. The summed E-state index contributed by atoms with van der Waals surface area (Å²) in [6, 6.07) is 16.4. The lowest BCUT2D eigenvalue weighted by molar-refractivity contribution is -0.130. The topological polar surface area (TPSA) is 95.6 Å². The van der Waals surface area contributed by atoms with E-state index in [1.54, 1.807) is 28.8 Å². The summed E-state index contributed by atoms with van der Waals surface area (Å²) in [5, 5.41) is 2.73. The molecule has 1 saturated heterocycles. The maximum Gasteiger partial charge on any atom is 0.240 e. The zero-order chi connectivity index (χ0) is 27.1. The largest absolute Gasteiger partial charge is 0.356 e. The van der Waals surface area contributed by atoms with Crippen molar-refractivity contribution in [2.75, 3.05) is 19.6 Å². The van der Waals surface area contributed by atoms with Crippen molar-refractivity contribution in [1.82, 2.24) is 14.9 Å². The van der Waals surface area contributed by atoms with Gasteiger partial charge in [0.15, 0.2) is 0 Å². The third-order valence-corrected chi connectivity index (χ3v) is 9.14. The van der Waals surface area contributed by atoms with E-state index in [0.717, 1.165) is 30.4 Å². The second kappa shape index (κ2) is 12.9.